The number of aromatic amines is 2. The van der Waals surface area contributed by atoms with E-state index in [4.69, 9.17) is 9.72 Å². The van der Waals surface area contributed by atoms with E-state index in [1.165, 1.54) is 13.3 Å². The van der Waals surface area contributed by atoms with Crippen LogP contribution in [-0.4, -0.2) is 43.6 Å². The van der Waals surface area contributed by atoms with Crippen molar-refractivity contribution >= 4 is 22.7 Å². The fraction of sp³-hybridized carbons (Fsp3) is 0.154. The third-order valence-corrected chi connectivity index (χ3v) is 5.86. The number of methoxy groups -OCH3 is 1. The summed E-state index contributed by atoms with van der Waals surface area (Å²) in [5, 5.41) is 3.21. The summed E-state index contributed by atoms with van der Waals surface area (Å²) >= 11 is 0. The lowest BCUT2D eigenvalue weighted by atomic mass is 10.1. The number of hydrogen-bond donors (Lipinski definition) is 3. The van der Waals surface area contributed by atoms with Crippen molar-refractivity contribution in [3.63, 3.8) is 0 Å². The van der Waals surface area contributed by atoms with Crippen LogP contribution >= 0.6 is 0 Å². The summed E-state index contributed by atoms with van der Waals surface area (Å²) in [6.07, 6.45) is 7.24. The molecule has 0 aliphatic rings. The lowest BCUT2D eigenvalue weighted by Gasteiger charge is -2.19. The Kier molecular flexibility index (Phi) is 5.88. The fourth-order valence-electron chi connectivity index (χ4n) is 4.16. The van der Waals surface area contributed by atoms with Gasteiger partial charge in [-0.2, -0.15) is 0 Å². The van der Waals surface area contributed by atoms with Gasteiger partial charge in [0.25, 0.3) is 5.56 Å². The molecule has 0 fully saturated rings. The minimum absolute atomic E-state index is 0.314. The number of carbonyl (C=O) groups is 1. The van der Waals surface area contributed by atoms with Crippen molar-refractivity contribution in [3.05, 3.63) is 94.9 Å². The van der Waals surface area contributed by atoms with Crippen LogP contribution in [0.1, 0.15) is 11.1 Å². The summed E-state index contributed by atoms with van der Waals surface area (Å²) in [7, 11) is 1.35. The number of anilines is 1. The summed E-state index contributed by atoms with van der Waals surface area (Å²) in [5.41, 5.74) is 4.85. The van der Waals surface area contributed by atoms with Crippen LogP contribution in [0.4, 0.5) is 5.69 Å². The van der Waals surface area contributed by atoms with Gasteiger partial charge in [-0.3, -0.25) is 4.79 Å². The average Bonchev–Trinajstić information content (AvgIpc) is 3.54. The number of hydrogen-bond acceptors (Lipinski definition) is 6. The Balaban J connectivity index is 1.55. The topological polar surface area (TPSA) is 118 Å². The molecular formula is C26H24N6O3. The smallest absolute Gasteiger partial charge is 0.328 e. The van der Waals surface area contributed by atoms with Crippen molar-refractivity contribution in [2.24, 2.45) is 0 Å². The van der Waals surface area contributed by atoms with Gasteiger partial charge in [-0.15, -0.1) is 0 Å². The molecule has 2 aromatic carbocycles. The molecule has 5 aromatic rings. The maximum atomic E-state index is 13.0. The number of H-pyrrole nitrogens is 2. The first-order valence-electron chi connectivity index (χ1n) is 11.1. The number of aryl methyl sites for hydroxylation is 1. The number of nitrogens with zero attached hydrogens (tertiary/aromatic N) is 3. The van der Waals surface area contributed by atoms with Gasteiger partial charge in [0, 0.05) is 30.7 Å². The highest BCUT2D eigenvalue weighted by Gasteiger charge is 2.23. The molecule has 0 aliphatic heterocycles. The van der Waals surface area contributed by atoms with Crippen LogP contribution in [0.25, 0.3) is 28.1 Å². The second kappa shape index (κ2) is 9.30. The Hall–Kier alpha value is -4.66. The summed E-state index contributed by atoms with van der Waals surface area (Å²) in [4.78, 5) is 40.4. The van der Waals surface area contributed by atoms with Gasteiger partial charge in [-0.05, 0) is 36.2 Å². The third-order valence-electron chi connectivity index (χ3n) is 5.86. The molecular weight excluding hydrogens is 444 g/mol. The molecule has 3 aromatic heterocycles. The molecule has 0 bridgehead atoms. The number of pyridine rings is 1. The quantitative estimate of drug-likeness (QED) is 0.314. The largest absolute Gasteiger partial charge is 0.467 e. The second-order valence-corrected chi connectivity index (χ2v) is 8.22. The normalized spacial score (nSPS) is 11.9. The number of esters is 1. The minimum atomic E-state index is -0.693. The Morgan fingerprint density at radius 1 is 1.20 bits per heavy atom. The predicted octanol–water partition coefficient (Wildman–Crippen LogP) is 3.61. The zero-order chi connectivity index (χ0) is 24.4. The average molecular weight is 469 g/mol. The maximum absolute atomic E-state index is 13.0. The Morgan fingerprint density at radius 2 is 2.03 bits per heavy atom. The van der Waals surface area contributed by atoms with Crippen LogP contribution in [-0.2, 0) is 16.0 Å². The molecule has 1 unspecified atom stereocenters. The number of imidazole rings is 2. The van der Waals surface area contributed by atoms with Crippen LogP contribution in [0.3, 0.4) is 0 Å². The first-order chi connectivity index (χ1) is 17.0. The van der Waals surface area contributed by atoms with Crippen molar-refractivity contribution in [2.75, 3.05) is 12.4 Å². The zero-order valence-corrected chi connectivity index (χ0v) is 19.3. The summed E-state index contributed by atoms with van der Waals surface area (Å²) in [6, 6.07) is 14.6. The highest BCUT2D eigenvalue weighted by molar-refractivity contribution is 5.87. The Bertz CT molecular complexity index is 1540. The van der Waals surface area contributed by atoms with Gasteiger partial charge >= 0.3 is 5.97 Å². The molecule has 0 saturated heterocycles. The van der Waals surface area contributed by atoms with E-state index in [1.54, 1.807) is 18.6 Å². The van der Waals surface area contributed by atoms with Crippen LogP contribution in [0.2, 0.25) is 0 Å². The van der Waals surface area contributed by atoms with Gasteiger partial charge in [0.1, 0.15) is 17.4 Å². The maximum Gasteiger partial charge on any atom is 0.328 e. The summed E-state index contributed by atoms with van der Waals surface area (Å²) in [5.74, 6) is -0.0240. The molecule has 35 heavy (non-hydrogen) atoms. The number of benzene rings is 2. The van der Waals surface area contributed by atoms with Crippen molar-refractivity contribution in [1.29, 1.82) is 0 Å². The molecule has 9 heteroatoms. The molecule has 0 radical (unpaired) electrons. The standard InChI is InChI=1S/C26H24N6O3/c1-16-12-18(32-11-10-27-15-32)14-20-23(16)31-24(30-20)22-19(8-9-28-25(22)33)29-21(26(34)35-2)13-17-6-4-3-5-7-17/h3-12,14-15,21H,13H2,1-2H3,(H,30,31)(H2,28,29,33). The van der Waals surface area contributed by atoms with Crippen LogP contribution < -0.4 is 10.9 Å². The Morgan fingerprint density at radius 3 is 2.77 bits per heavy atom. The number of ether oxygens (including phenoxy) is 1. The molecule has 0 saturated carbocycles. The van der Waals surface area contributed by atoms with E-state index in [0.717, 1.165) is 27.8 Å². The predicted molar refractivity (Wildman–Crippen MR) is 134 cm³/mol. The van der Waals surface area contributed by atoms with E-state index in [9.17, 15) is 9.59 Å². The fourth-order valence-corrected chi connectivity index (χ4v) is 4.16. The molecule has 176 valence electrons. The van der Waals surface area contributed by atoms with E-state index in [-0.39, 0.29) is 5.56 Å². The molecule has 3 N–H and O–H groups in total. The van der Waals surface area contributed by atoms with E-state index in [0.29, 0.717) is 23.5 Å². The zero-order valence-electron chi connectivity index (χ0n) is 19.3. The number of rotatable bonds is 7. The van der Waals surface area contributed by atoms with Gasteiger partial charge in [-0.25, -0.2) is 14.8 Å². The van der Waals surface area contributed by atoms with Gasteiger partial charge in [-0.1, -0.05) is 30.3 Å². The van der Waals surface area contributed by atoms with Gasteiger partial charge < -0.3 is 24.6 Å². The van der Waals surface area contributed by atoms with Crippen LogP contribution in [0.5, 0.6) is 0 Å². The minimum Gasteiger partial charge on any atom is -0.467 e. The van der Waals surface area contributed by atoms with E-state index in [2.05, 4.69) is 20.3 Å². The molecule has 0 spiro atoms. The number of nitrogens with one attached hydrogen (secondary N) is 3. The number of carbonyl (C=O) groups excluding carboxylic acids is 1. The highest BCUT2D eigenvalue weighted by Crippen LogP contribution is 2.28. The van der Waals surface area contributed by atoms with E-state index < -0.39 is 12.0 Å². The van der Waals surface area contributed by atoms with E-state index >= 15 is 0 Å². The lowest BCUT2D eigenvalue weighted by molar-refractivity contribution is -0.141. The van der Waals surface area contributed by atoms with Crippen molar-refractivity contribution in [1.82, 2.24) is 24.5 Å². The summed E-state index contributed by atoms with van der Waals surface area (Å²) < 4.78 is 6.93. The molecule has 0 aliphatic carbocycles. The molecule has 9 nitrogen and oxygen atoms in total. The van der Waals surface area contributed by atoms with Gasteiger partial charge in [0.2, 0.25) is 0 Å². The summed E-state index contributed by atoms with van der Waals surface area (Å²) in [6.45, 7) is 1.97. The Labute approximate surface area is 200 Å². The van der Waals surface area contributed by atoms with Crippen LogP contribution in [0, 0.1) is 6.92 Å². The molecule has 1 atom stereocenters. The van der Waals surface area contributed by atoms with Gasteiger partial charge in [0.05, 0.1) is 30.2 Å². The van der Waals surface area contributed by atoms with Crippen molar-refractivity contribution in [3.8, 4) is 17.1 Å². The number of fused-ring (bicyclic) bond motifs is 1. The lowest BCUT2D eigenvalue weighted by Crippen LogP contribution is -2.33. The van der Waals surface area contributed by atoms with Crippen molar-refractivity contribution < 1.29 is 9.53 Å². The SMILES string of the molecule is COC(=O)C(Cc1ccccc1)Nc1cc[nH]c(=O)c1-c1nc2c(C)cc(-n3ccnc3)cc2[nH]1. The molecule has 5 rings (SSSR count). The van der Waals surface area contributed by atoms with Crippen molar-refractivity contribution in [2.45, 2.75) is 19.4 Å². The first kappa shape index (κ1) is 22.1. The molecule has 3 heterocycles. The molecule has 0 amide bonds. The third kappa shape index (κ3) is 4.43. The van der Waals surface area contributed by atoms with Crippen LogP contribution in [0.15, 0.2) is 78.2 Å². The first-order valence-corrected chi connectivity index (χ1v) is 11.1. The van der Waals surface area contributed by atoms with E-state index in [1.807, 2.05) is 60.2 Å². The monoisotopic (exact) mass is 468 g/mol. The highest BCUT2D eigenvalue weighted by atomic mass is 16.5. The van der Waals surface area contributed by atoms with Gasteiger partial charge in [0.15, 0.2) is 0 Å². The number of aromatic nitrogens is 5. The second-order valence-electron chi connectivity index (χ2n) is 8.22.